The molecule has 0 saturated carbocycles. The van der Waals surface area contributed by atoms with Crippen LogP contribution in [-0.2, 0) is 4.79 Å². The van der Waals surface area contributed by atoms with Crippen LogP contribution in [0.4, 0.5) is 16.2 Å². The molecule has 0 aliphatic carbocycles. The van der Waals surface area contributed by atoms with Gasteiger partial charge in [0.15, 0.2) is 0 Å². The van der Waals surface area contributed by atoms with Crippen LogP contribution in [0.1, 0.15) is 0 Å². The van der Waals surface area contributed by atoms with Gasteiger partial charge < -0.3 is 20.2 Å². The van der Waals surface area contributed by atoms with Gasteiger partial charge in [-0.1, -0.05) is 15.9 Å². The Hall–Kier alpha value is -1.76. The Labute approximate surface area is 118 Å². The molecule has 2 aliphatic heterocycles. The molecule has 1 saturated heterocycles. The van der Waals surface area contributed by atoms with E-state index in [2.05, 4.69) is 21.2 Å². The number of nitrogens with zero attached hydrogens (tertiary/aromatic N) is 2. The van der Waals surface area contributed by atoms with Gasteiger partial charge in [-0.25, -0.2) is 4.79 Å². The molecule has 2 N–H and O–H groups in total. The van der Waals surface area contributed by atoms with Gasteiger partial charge in [0, 0.05) is 17.6 Å². The van der Waals surface area contributed by atoms with Crippen molar-refractivity contribution in [2.45, 2.75) is 6.04 Å². The molecule has 100 valence electrons. The van der Waals surface area contributed by atoms with Crippen molar-refractivity contribution in [2.75, 3.05) is 29.9 Å². The zero-order valence-electron chi connectivity index (χ0n) is 9.97. The molecule has 0 bridgehead atoms. The standard InChI is InChI=1S/C12H12BrN3O3/c13-7-1-2-9-8(5-7)14-11(17)10-6-15(12(18)19)3-4-16(9)10/h1-2,5,10H,3-4,6H2,(H,14,17)(H,18,19)/t10-/m0/s1. The molecule has 0 aromatic heterocycles. The molecule has 0 unspecified atom stereocenters. The van der Waals surface area contributed by atoms with E-state index in [0.29, 0.717) is 13.1 Å². The zero-order valence-corrected chi connectivity index (χ0v) is 11.6. The maximum atomic E-state index is 12.1. The summed E-state index contributed by atoms with van der Waals surface area (Å²) in [7, 11) is 0. The van der Waals surface area contributed by atoms with E-state index < -0.39 is 12.1 Å². The minimum Gasteiger partial charge on any atom is -0.465 e. The van der Waals surface area contributed by atoms with Crippen LogP contribution in [0.5, 0.6) is 0 Å². The average molecular weight is 326 g/mol. The number of halogens is 1. The van der Waals surface area contributed by atoms with Crippen LogP contribution in [0.2, 0.25) is 0 Å². The van der Waals surface area contributed by atoms with Gasteiger partial charge in [-0.15, -0.1) is 0 Å². The molecule has 2 aliphatic rings. The maximum Gasteiger partial charge on any atom is 0.407 e. The number of carboxylic acid groups (broad SMARTS) is 1. The van der Waals surface area contributed by atoms with E-state index in [1.807, 2.05) is 23.1 Å². The number of piperazine rings is 1. The number of rotatable bonds is 0. The number of carbonyl (C=O) groups excluding carboxylic acids is 1. The summed E-state index contributed by atoms with van der Waals surface area (Å²) in [5.74, 6) is -0.156. The summed E-state index contributed by atoms with van der Waals surface area (Å²) in [6.45, 7) is 1.14. The fraction of sp³-hybridized carbons (Fsp3) is 0.333. The van der Waals surface area contributed by atoms with Gasteiger partial charge in [-0.2, -0.15) is 0 Å². The molecule has 3 rings (SSSR count). The molecule has 0 radical (unpaired) electrons. The second kappa shape index (κ2) is 4.41. The highest BCUT2D eigenvalue weighted by atomic mass is 79.9. The first-order valence-corrected chi connectivity index (χ1v) is 6.70. The van der Waals surface area contributed by atoms with Crippen LogP contribution in [0.25, 0.3) is 0 Å². The molecule has 1 fully saturated rings. The lowest BCUT2D eigenvalue weighted by Gasteiger charge is -2.44. The zero-order chi connectivity index (χ0) is 13.6. The van der Waals surface area contributed by atoms with Crippen molar-refractivity contribution in [2.24, 2.45) is 0 Å². The first-order valence-electron chi connectivity index (χ1n) is 5.91. The highest BCUT2D eigenvalue weighted by molar-refractivity contribution is 9.10. The Morgan fingerprint density at radius 3 is 2.95 bits per heavy atom. The van der Waals surface area contributed by atoms with Gasteiger partial charge in [0.1, 0.15) is 6.04 Å². The van der Waals surface area contributed by atoms with Gasteiger partial charge in [-0.3, -0.25) is 4.79 Å². The van der Waals surface area contributed by atoms with Crippen molar-refractivity contribution in [3.8, 4) is 0 Å². The van der Waals surface area contributed by atoms with Crippen molar-refractivity contribution >= 4 is 39.3 Å². The Morgan fingerprint density at radius 1 is 1.42 bits per heavy atom. The number of carbonyl (C=O) groups is 2. The number of benzene rings is 1. The lowest BCUT2D eigenvalue weighted by Crippen LogP contribution is -2.60. The lowest BCUT2D eigenvalue weighted by atomic mass is 10.1. The number of anilines is 2. The largest absolute Gasteiger partial charge is 0.465 e. The van der Waals surface area contributed by atoms with Crippen LogP contribution >= 0.6 is 15.9 Å². The van der Waals surface area contributed by atoms with Crippen molar-refractivity contribution in [1.82, 2.24) is 4.90 Å². The van der Waals surface area contributed by atoms with E-state index in [-0.39, 0.29) is 12.5 Å². The van der Waals surface area contributed by atoms with E-state index in [4.69, 9.17) is 5.11 Å². The van der Waals surface area contributed by atoms with Gasteiger partial charge >= 0.3 is 6.09 Å². The SMILES string of the molecule is O=C1Nc2cc(Br)ccc2N2CCN(C(=O)O)C[C@@H]12. The topological polar surface area (TPSA) is 72.9 Å². The molecule has 7 heteroatoms. The number of fused-ring (bicyclic) bond motifs is 3. The lowest BCUT2D eigenvalue weighted by molar-refractivity contribution is -0.118. The third-order valence-corrected chi connectivity index (χ3v) is 3.97. The summed E-state index contributed by atoms with van der Waals surface area (Å²) in [6, 6.07) is 5.25. The molecule has 19 heavy (non-hydrogen) atoms. The highest BCUT2D eigenvalue weighted by Gasteiger charge is 2.38. The van der Waals surface area contributed by atoms with Crippen LogP contribution in [0.15, 0.2) is 22.7 Å². The summed E-state index contributed by atoms with van der Waals surface area (Å²) >= 11 is 3.37. The quantitative estimate of drug-likeness (QED) is 0.759. The first-order chi connectivity index (χ1) is 9.06. The molecule has 1 atom stereocenters. The van der Waals surface area contributed by atoms with Gasteiger partial charge in [0.05, 0.1) is 17.9 Å². The predicted molar refractivity (Wildman–Crippen MR) is 73.5 cm³/mol. The van der Waals surface area contributed by atoms with E-state index in [1.54, 1.807) is 0 Å². The summed E-state index contributed by atoms with van der Waals surface area (Å²) in [6.07, 6.45) is -0.978. The summed E-state index contributed by atoms with van der Waals surface area (Å²) < 4.78 is 0.897. The fourth-order valence-corrected chi connectivity index (χ4v) is 2.91. The number of nitrogens with one attached hydrogen (secondary N) is 1. The monoisotopic (exact) mass is 325 g/mol. The Kier molecular flexibility index (Phi) is 2.85. The van der Waals surface area contributed by atoms with Crippen LogP contribution in [0, 0.1) is 0 Å². The van der Waals surface area contributed by atoms with E-state index >= 15 is 0 Å². The fourth-order valence-electron chi connectivity index (χ4n) is 2.54. The minimum atomic E-state index is -0.978. The summed E-state index contributed by atoms with van der Waals surface area (Å²) in [5, 5.41) is 11.8. The van der Waals surface area contributed by atoms with Gasteiger partial charge in [-0.05, 0) is 18.2 Å². The van der Waals surface area contributed by atoms with E-state index in [1.165, 1.54) is 4.90 Å². The number of amides is 2. The highest BCUT2D eigenvalue weighted by Crippen LogP contribution is 2.35. The molecule has 0 spiro atoms. The number of hydrogen-bond donors (Lipinski definition) is 2. The normalized spacial score (nSPS) is 21.5. The Bertz CT molecular complexity index is 563. The predicted octanol–water partition coefficient (Wildman–Crippen LogP) is 1.57. The Balaban J connectivity index is 1.94. The van der Waals surface area contributed by atoms with Crippen LogP contribution < -0.4 is 10.2 Å². The molecule has 6 nitrogen and oxygen atoms in total. The molecular weight excluding hydrogens is 314 g/mol. The second-order valence-electron chi connectivity index (χ2n) is 4.59. The molecule has 2 amide bonds. The van der Waals surface area contributed by atoms with Crippen LogP contribution in [0.3, 0.4) is 0 Å². The van der Waals surface area contributed by atoms with Gasteiger partial charge in [0.2, 0.25) is 5.91 Å². The third kappa shape index (κ3) is 2.03. The van der Waals surface area contributed by atoms with Crippen molar-refractivity contribution in [3.05, 3.63) is 22.7 Å². The first kappa shape index (κ1) is 12.3. The molecule has 2 heterocycles. The smallest absolute Gasteiger partial charge is 0.407 e. The third-order valence-electron chi connectivity index (χ3n) is 3.48. The second-order valence-corrected chi connectivity index (χ2v) is 5.50. The maximum absolute atomic E-state index is 12.1. The van der Waals surface area contributed by atoms with Crippen molar-refractivity contribution in [3.63, 3.8) is 0 Å². The minimum absolute atomic E-state index is 0.156. The van der Waals surface area contributed by atoms with E-state index in [9.17, 15) is 9.59 Å². The Morgan fingerprint density at radius 2 is 2.21 bits per heavy atom. The summed E-state index contributed by atoms with van der Waals surface area (Å²) in [5.41, 5.74) is 1.71. The average Bonchev–Trinajstić information content (AvgIpc) is 2.38. The van der Waals surface area contributed by atoms with Crippen molar-refractivity contribution < 1.29 is 14.7 Å². The van der Waals surface area contributed by atoms with Crippen molar-refractivity contribution in [1.29, 1.82) is 0 Å². The summed E-state index contributed by atoms with van der Waals surface area (Å²) in [4.78, 5) is 26.3. The number of hydrogen-bond acceptors (Lipinski definition) is 3. The molecule has 1 aromatic rings. The molecular formula is C12H12BrN3O3. The van der Waals surface area contributed by atoms with Gasteiger partial charge in [0.25, 0.3) is 0 Å². The van der Waals surface area contributed by atoms with E-state index in [0.717, 1.165) is 15.8 Å². The molecule has 1 aromatic carbocycles. The van der Waals surface area contributed by atoms with Crippen LogP contribution in [-0.4, -0.2) is 47.7 Å².